The predicted molar refractivity (Wildman–Crippen MR) is 164 cm³/mol. The van der Waals surface area contributed by atoms with Gasteiger partial charge in [0.05, 0.1) is 11.4 Å². The minimum Gasteiger partial charge on any atom is -0.247 e. The Morgan fingerprint density at radius 3 is 1.63 bits per heavy atom. The third-order valence-corrected chi connectivity index (χ3v) is 8.40. The molecule has 0 bridgehead atoms. The molecular formula is C36H25NS. The molecule has 0 aliphatic heterocycles. The van der Waals surface area contributed by atoms with Crippen LogP contribution in [0.25, 0.3) is 64.9 Å². The SMILES string of the molecule is Cc1c(-c2ccccc2)cc(-c2ccc3c(c2)sc2cc(-c4ccccc4)ccc23)nc1-c1ccccc1. The van der Waals surface area contributed by atoms with Crippen LogP contribution in [0, 0.1) is 6.92 Å². The smallest absolute Gasteiger partial charge is 0.0744 e. The molecule has 0 saturated carbocycles. The Bertz CT molecular complexity index is 1840. The van der Waals surface area contributed by atoms with Crippen LogP contribution in [0.4, 0.5) is 0 Å². The molecule has 0 spiro atoms. The number of rotatable bonds is 4. The van der Waals surface area contributed by atoms with Crippen LogP contribution in [0.1, 0.15) is 5.56 Å². The number of hydrogen-bond acceptors (Lipinski definition) is 2. The van der Waals surface area contributed by atoms with Crippen molar-refractivity contribution in [3.05, 3.63) is 139 Å². The molecule has 38 heavy (non-hydrogen) atoms. The summed E-state index contributed by atoms with van der Waals surface area (Å²) in [6, 6.07) is 47.6. The number of nitrogens with zero attached hydrogens (tertiary/aromatic N) is 1. The van der Waals surface area contributed by atoms with E-state index in [2.05, 4.69) is 140 Å². The van der Waals surface area contributed by atoms with Crippen LogP contribution in [0.15, 0.2) is 133 Å². The van der Waals surface area contributed by atoms with Gasteiger partial charge in [0.1, 0.15) is 0 Å². The fourth-order valence-corrected chi connectivity index (χ4v) is 6.48. The molecular weight excluding hydrogens is 478 g/mol. The summed E-state index contributed by atoms with van der Waals surface area (Å²) in [5.41, 5.74) is 10.4. The lowest BCUT2D eigenvalue weighted by molar-refractivity contribution is 1.27. The molecule has 0 unspecified atom stereocenters. The zero-order valence-corrected chi connectivity index (χ0v) is 21.9. The third-order valence-electron chi connectivity index (χ3n) is 7.28. The van der Waals surface area contributed by atoms with Crippen molar-refractivity contribution >= 4 is 31.5 Å². The lowest BCUT2D eigenvalue weighted by atomic mass is 9.94. The molecule has 7 rings (SSSR count). The zero-order chi connectivity index (χ0) is 25.5. The minimum atomic E-state index is 0.998. The monoisotopic (exact) mass is 503 g/mol. The van der Waals surface area contributed by atoms with Crippen molar-refractivity contribution in [3.63, 3.8) is 0 Å². The van der Waals surface area contributed by atoms with E-state index in [9.17, 15) is 0 Å². The first-order valence-corrected chi connectivity index (χ1v) is 13.7. The molecule has 0 radical (unpaired) electrons. The number of fused-ring (bicyclic) bond motifs is 3. The van der Waals surface area contributed by atoms with Crippen molar-refractivity contribution in [3.8, 4) is 44.8 Å². The zero-order valence-electron chi connectivity index (χ0n) is 21.1. The van der Waals surface area contributed by atoms with E-state index in [4.69, 9.17) is 4.98 Å². The number of thiophene rings is 1. The van der Waals surface area contributed by atoms with Gasteiger partial charge in [-0.25, -0.2) is 4.98 Å². The van der Waals surface area contributed by atoms with E-state index in [1.807, 2.05) is 11.3 Å². The highest BCUT2D eigenvalue weighted by Gasteiger charge is 2.15. The summed E-state index contributed by atoms with van der Waals surface area (Å²) in [6.07, 6.45) is 0. The summed E-state index contributed by atoms with van der Waals surface area (Å²) in [5.74, 6) is 0. The van der Waals surface area contributed by atoms with E-state index in [1.54, 1.807) is 0 Å². The normalized spacial score (nSPS) is 11.3. The van der Waals surface area contributed by atoms with Crippen LogP contribution < -0.4 is 0 Å². The van der Waals surface area contributed by atoms with Gasteiger partial charge in [0.2, 0.25) is 0 Å². The van der Waals surface area contributed by atoms with Crippen LogP contribution in [0.3, 0.4) is 0 Å². The molecule has 0 atom stereocenters. The molecule has 0 saturated heterocycles. The van der Waals surface area contributed by atoms with Gasteiger partial charge in [-0.1, -0.05) is 115 Å². The molecule has 2 aromatic heterocycles. The Morgan fingerprint density at radius 2 is 1.00 bits per heavy atom. The van der Waals surface area contributed by atoms with Gasteiger partial charge in [0.15, 0.2) is 0 Å². The Hall–Kier alpha value is -4.53. The average molecular weight is 504 g/mol. The standard InChI is InChI=1S/C36H25NS/c1-24-32(26-13-7-3-8-14-26)23-33(37-36(24)27-15-9-4-10-16-27)29-18-20-31-30-19-17-28(25-11-5-2-6-12-25)21-34(30)38-35(31)22-29/h2-23H,1H3. The van der Waals surface area contributed by atoms with E-state index < -0.39 is 0 Å². The first-order valence-electron chi connectivity index (χ1n) is 12.9. The molecule has 0 amide bonds. The molecule has 7 aromatic rings. The fraction of sp³-hybridized carbons (Fsp3) is 0.0278. The van der Waals surface area contributed by atoms with Crippen molar-refractivity contribution in [2.75, 3.05) is 0 Å². The van der Waals surface area contributed by atoms with Crippen LogP contribution in [0.5, 0.6) is 0 Å². The quantitative estimate of drug-likeness (QED) is 0.233. The van der Waals surface area contributed by atoms with Gasteiger partial charge in [-0.05, 0) is 52.9 Å². The van der Waals surface area contributed by atoms with Crippen molar-refractivity contribution in [2.24, 2.45) is 0 Å². The maximum Gasteiger partial charge on any atom is 0.0744 e. The predicted octanol–water partition coefficient (Wildman–Crippen LogP) is 10.4. The third kappa shape index (κ3) is 4.00. The van der Waals surface area contributed by atoms with Crippen LogP contribution in [0.2, 0.25) is 0 Å². The molecule has 0 aliphatic carbocycles. The summed E-state index contributed by atoms with van der Waals surface area (Å²) in [5, 5.41) is 2.61. The number of benzene rings is 5. The molecule has 2 heterocycles. The molecule has 1 nitrogen and oxygen atoms in total. The van der Waals surface area contributed by atoms with Gasteiger partial charge in [0.25, 0.3) is 0 Å². The van der Waals surface area contributed by atoms with Gasteiger partial charge in [-0.2, -0.15) is 0 Å². The summed E-state index contributed by atoms with van der Waals surface area (Å²) < 4.78 is 2.60. The van der Waals surface area contributed by atoms with Crippen LogP contribution in [-0.2, 0) is 0 Å². The molecule has 2 heteroatoms. The second-order valence-electron chi connectivity index (χ2n) is 9.65. The summed E-state index contributed by atoms with van der Waals surface area (Å²) in [7, 11) is 0. The van der Waals surface area contributed by atoms with E-state index >= 15 is 0 Å². The van der Waals surface area contributed by atoms with Crippen molar-refractivity contribution in [1.82, 2.24) is 4.98 Å². The maximum atomic E-state index is 5.22. The Balaban J connectivity index is 1.39. The van der Waals surface area contributed by atoms with Gasteiger partial charge < -0.3 is 0 Å². The van der Waals surface area contributed by atoms with Crippen molar-refractivity contribution in [1.29, 1.82) is 0 Å². The van der Waals surface area contributed by atoms with E-state index in [-0.39, 0.29) is 0 Å². The highest BCUT2D eigenvalue weighted by Crippen LogP contribution is 2.40. The van der Waals surface area contributed by atoms with Crippen molar-refractivity contribution in [2.45, 2.75) is 6.92 Å². The maximum absolute atomic E-state index is 5.22. The molecule has 0 fully saturated rings. The summed E-state index contributed by atoms with van der Waals surface area (Å²) in [4.78, 5) is 5.22. The largest absolute Gasteiger partial charge is 0.247 e. The average Bonchev–Trinajstić information content (AvgIpc) is 3.36. The Kier molecular flexibility index (Phi) is 5.61. The highest BCUT2D eigenvalue weighted by atomic mass is 32.1. The second kappa shape index (κ2) is 9.41. The van der Waals surface area contributed by atoms with Crippen molar-refractivity contribution < 1.29 is 0 Å². The Morgan fingerprint density at radius 1 is 0.474 bits per heavy atom. The van der Waals surface area contributed by atoms with Gasteiger partial charge in [-0.3, -0.25) is 0 Å². The molecule has 0 aliphatic rings. The minimum absolute atomic E-state index is 0.998. The molecule has 5 aromatic carbocycles. The first-order chi connectivity index (χ1) is 18.7. The second-order valence-corrected chi connectivity index (χ2v) is 10.7. The van der Waals surface area contributed by atoms with E-state index in [1.165, 1.54) is 48.0 Å². The van der Waals surface area contributed by atoms with E-state index in [0.717, 1.165) is 22.5 Å². The van der Waals surface area contributed by atoms with Gasteiger partial charge in [-0.15, -0.1) is 11.3 Å². The van der Waals surface area contributed by atoms with Crippen LogP contribution >= 0.6 is 11.3 Å². The number of pyridine rings is 1. The molecule has 0 N–H and O–H groups in total. The van der Waals surface area contributed by atoms with Crippen LogP contribution in [-0.4, -0.2) is 4.98 Å². The Labute approximate surface area is 226 Å². The fourth-order valence-electron chi connectivity index (χ4n) is 5.30. The summed E-state index contributed by atoms with van der Waals surface area (Å²) in [6.45, 7) is 2.18. The first kappa shape index (κ1) is 22.7. The topological polar surface area (TPSA) is 12.9 Å². The van der Waals surface area contributed by atoms with Gasteiger partial charge >= 0.3 is 0 Å². The lowest BCUT2D eigenvalue weighted by Crippen LogP contribution is -1.96. The summed E-state index contributed by atoms with van der Waals surface area (Å²) >= 11 is 1.86. The van der Waals surface area contributed by atoms with E-state index in [0.29, 0.717) is 0 Å². The lowest BCUT2D eigenvalue weighted by Gasteiger charge is -2.15. The number of hydrogen-bond donors (Lipinski definition) is 0. The van der Waals surface area contributed by atoms with Gasteiger partial charge in [0, 0.05) is 31.3 Å². The number of aromatic nitrogens is 1. The molecule has 180 valence electrons. The highest BCUT2D eigenvalue weighted by molar-refractivity contribution is 7.25.